The summed E-state index contributed by atoms with van der Waals surface area (Å²) in [7, 11) is 0. The van der Waals surface area contributed by atoms with Crippen LogP contribution in [0.3, 0.4) is 0 Å². The predicted octanol–water partition coefficient (Wildman–Crippen LogP) is 4.64. The molecule has 1 N–H and O–H groups in total. The summed E-state index contributed by atoms with van der Waals surface area (Å²) in [6.07, 6.45) is 1.70. The van der Waals surface area contributed by atoms with Crippen LogP contribution < -0.4 is 10.1 Å². The second kappa shape index (κ2) is 10.8. The van der Waals surface area contributed by atoms with Crippen molar-refractivity contribution >= 4 is 40.6 Å². The van der Waals surface area contributed by atoms with Gasteiger partial charge in [0.25, 0.3) is 5.69 Å². The molecule has 0 saturated heterocycles. The standard InChI is InChI=1S/C21H20ClN5O4S/c1-3-9-26-19(12-31-16-6-4-5-14(2)10-16)24-25-21(26)32-13-20(28)23-18-11-15(27(29)30)7-8-17(18)22/h3-8,10-11H,1,9,12-13H2,2H3,(H,23,28). The molecular weight excluding hydrogens is 454 g/mol. The van der Waals surface area contributed by atoms with Gasteiger partial charge in [0.15, 0.2) is 11.0 Å². The first kappa shape index (κ1) is 23.3. The third kappa shape index (κ3) is 6.08. The molecule has 9 nitrogen and oxygen atoms in total. The number of rotatable bonds is 10. The first-order valence-corrected chi connectivity index (χ1v) is 10.8. The number of carbonyl (C=O) groups is 1. The number of nitrogens with one attached hydrogen (secondary N) is 1. The van der Waals surface area contributed by atoms with E-state index in [4.69, 9.17) is 16.3 Å². The summed E-state index contributed by atoms with van der Waals surface area (Å²) < 4.78 is 7.61. The number of aromatic nitrogens is 3. The van der Waals surface area contributed by atoms with E-state index in [1.807, 2.05) is 31.2 Å². The Morgan fingerprint density at radius 3 is 2.88 bits per heavy atom. The fourth-order valence-electron chi connectivity index (χ4n) is 2.74. The third-order valence-corrected chi connectivity index (χ3v) is 5.53. The van der Waals surface area contributed by atoms with Gasteiger partial charge in [-0.15, -0.1) is 16.8 Å². The summed E-state index contributed by atoms with van der Waals surface area (Å²) in [5, 5.41) is 22.6. The number of aryl methyl sites for hydroxylation is 1. The van der Waals surface area contributed by atoms with Gasteiger partial charge in [0, 0.05) is 18.7 Å². The molecule has 0 bridgehead atoms. The van der Waals surface area contributed by atoms with Crippen molar-refractivity contribution in [2.45, 2.75) is 25.2 Å². The molecule has 1 amide bonds. The van der Waals surface area contributed by atoms with Crippen molar-refractivity contribution < 1.29 is 14.5 Å². The van der Waals surface area contributed by atoms with Crippen molar-refractivity contribution in [3.63, 3.8) is 0 Å². The van der Waals surface area contributed by atoms with Gasteiger partial charge >= 0.3 is 0 Å². The Morgan fingerprint density at radius 2 is 2.16 bits per heavy atom. The van der Waals surface area contributed by atoms with Crippen LogP contribution in [0.2, 0.25) is 5.02 Å². The monoisotopic (exact) mass is 473 g/mol. The lowest BCUT2D eigenvalue weighted by atomic mass is 10.2. The molecular formula is C21H20ClN5O4S. The lowest BCUT2D eigenvalue weighted by Crippen LogP contribution is -2.15. The van der Waals surface area contributed by atoms with Gasteiger partial charge < -0.3 is 10.1 Å². The van der Waals surface area contributed by atoms with Crippen LogP contribution in [-0.4, -0.2) is 31.3 Å². The SMILES string of the molecule is C=CCn1c(COc2cccc(C)c2)nnc1SCC(=O)Nc1cc([N+](=O)[O-])ccc1Cl. The van der Waals surface area contributed by atoms with Gasteiger partial charge in [0.2, 0.25) is 5.91 Å². The Hall–Kier alpha value is -3.37. The van der Waals surface area contributed by atoms with Crippen LogP contribution in [-0.2, 0) is 17.9 Å². The van der Waals surface area contributed by atoms with Gasteiger partial charge in [-0.25, -0.2) is 0 Å². The summed E-state index contributed by atoms with van der Waals surface area (Å²) >= 11 is 7.20. The molecule has 0 unspecified atom stereocenters. The van der Waals surface area contributed by atoms with Crippen molar-refractivity contribution in [2.24, 2.45) is 0 Å². The summed E-state index contributed by atoms with van der Waals surface area (Å²) in [4.78, 5) is 22.8. The average Bonchev–Trinajstić information content (AvgIpc) is 3.14. The molecule has 2 aromatic carbocycles. The molecule has 11 heteroatoms. The summed E-state index contributed by atoms with van der Waals surface area (Å²) in [5.74, 6) is 0.937. The third-order valence-electron chi connectivity index (χ3n) is 4.23. The van der Waals surface area contributed by atoms with Gasteiger partial charge in [-0.2, -0.15) is 0 Å². The lowest BCUT2D eigenvalue weighted by molar-refractivity contribution is -0.384. The van der Waals surface area contributed by atoms with E-state index in [0.717, 1.165) is 11.3 Å². The predicted molar refractivity (Wildman–Crippen MR) is 123 cm³/mol. The second-order valence-electron chi connectivity index (χ2n) is 6.66. The number of ether oxygens (including phenoxy) is 1. The maximum absolute atomic E-state index is 12.4. The highest BCUT2D eigenvalue weighted by atomic mass is 35.5. The molecule has 32 heavy (non-hydrogen) atoms. The average molecular weight is 474 g/mol. The van der Waals surface area contributed by atoms with Crippen LogP contribution in [0.25, 0.3) is 0 Å². The Labute approximate surface area is 193 Å². The summed E-state index contributed by atoms with van der Waals surface area (Å²) in [5.41, 5.74) is 1.09. The van der Waals surface area contributed by atoms with E-state index >= 15 is 0 Å². The molecule has 0 aliphatic rings. The molecule has 166 valence electrons. The van der Waals surface area contributed by atoms with E-state index in [9.17, 15) is 14.9 Å². The van der Waals surface area contributed by atoms with Crippen LogP contribution in [0.5, 0.6) is 5.75 Å². The molecule has 3 aromatic rings. The quantitative estimate of drug-likeness (QED) is 0.197. The number of hydrogen-bond donors (Lipinski definition) is 1. The zero-order chi connectivity index (χ0) is 23.1. The zero-order valence-electron chi connectivity index (χ0n) is 17.2. The van der Waals surface area contributed by atoms with Gasteiger partial charge in [0.1, 0.15) is 12.4 Å². The van der Waals surface area contributed by atoms with E-state index in [0.29, 0.717) is 17.5 Å². The van der Waals surface area contributed by atoms with E-state index in [1.54, 1.807) is 10.6 Å². The van der Waals surface area contributed by atoms with Crippen molar-refractivity contribution in [1.29, 1.82) is 0 Å². The molecule has 0 saturated carbocycles. The van der Waals surface area contributed by atoms with Gasteiger partial charge in [0.05, 0.1) is 21.4 Å². The molecule has 3 rings (SSSR count). The lowest BCUT2D eigenvalue weighted by Gasteiger charge is -2.10. The number of amides is 1. The van der Waals surface area contributed by atoms with Crippen molar-refractivity contribution in [3.8, 4) is 5.75 Å². The maximum Gasteiger partial charge on any atom is 0.271 e. The van der Waals surface area contributed by atoms with Crippen LogP contribution in [0, 0.1) is 17.0 Å². The van der Waals surface area contributed by atoms with Crippen molar-refractivity contribution in [2.75, 3.05) is 11.1 Å². The molecule has 1 aromatic heterocycles. The van der Waals surface area contributed by atoms with Crippen molar-refractivity contribution in [1.82, 2.24) is 14.8 Å². The fraction of sp³-hybridized carbons (Fsp3) is 0.190. The molecule has 0 fully saturated rings. The Bertz CT molecular complexity index is 1150. The van der Waals surface area contributed by atoms with Gasteiger partial charge in [-0.05, 0) is 30.7 Å². The first-order valence-electron chi connectivity index (χ1n) is 9.46. The fourth-order valence-corrected chi connectivity index (χ4v) is 3.67. The number of hydrogen-bond acceptors (Lipinski definition) is 7. The Morgan fingerprint density at radius 1 is 1.34 bits per heavy atom. The molecule has 0 spiro atoms. The number of benzene rings is 2. The number of nitro groups is 1. The Balaban J connectivity index is 1.64. The minimum Gasteiger partial charge on any atom is -0.486 e. The smallest absolute Gasteiger partial charge is 0.271 e. The number of nitrogens with zero attached hydrogens (tertiary/aromatic N) is 4. The highest BCUT2D eigenvalue weighted by molar-refractivity contribution is 7.99. The minimum atomic E-state index is -0.557. The minimum absolute atomic E-state index is 0.00698. The first-order chi connectivity index (χ1) is 15.4. The number of anilines is 1. The van der Waals surface area contributed by atoms with Crippen molar-refractivity contribution in [3.05, 3.63) is 81.6 Å². The number of non-ortho nitro benzene ring substituents is 1. The second-order valence-corrected chi connectivity index (χ2v) is 8.01. The molecule has 1 heterocycles. The number of allylic oxidation sites excluding steroid dienone is 1. The molecule has 0 aliphatic carbocycles. The molecule has 0 aliphatic heterocycles. The van der Waals surface area contributed by atoms with Gasteiger partial charge in [-0.1, -0.05) is 41.6 Å². The largest absolute Gasteiger partial charge is 0.486 e. The number of nitro benzene ring substituents is 1. The van der Waals surface area contributed by atoms with Crippen LogP contribution in [0.4, 0.5) is 11.4 Å². The highest BCUT2D eigenvalue weighted by Crippen LogP contribution is 2.27. The van der Waals surface area contributed by atoms with E-state index in [1.165, 1.54) is 30.0 Å². The Kier molecular flexibility index (Phi) is 7.85. The number of thioether (sulfide) groups is 1. The molecule has 0 radical (unpaired) electrons. The van der Waals surface area contributed by atoms with Gasteiger partial charge in [-0.3, -0.25) is 19.5 Å². The summed E-state index contributed by atoms with van der Waals surface area (Å²) in [6.45, 7) is 6.39. The van der Waals surface area contributed by atoms with Crippen LogP contribution >= 0.6 is 23.4 Å². The topological polar surface area (TPSA) is 112 Å². The van der Waals surface area contributed by atoms with E-state index in [2.05, 4.69) is 22.1 Å². The van der Waals surface area contributed by atoms with E-state index in [-0.39, 0.29) is 34.7 Å². The zero-order valence-corrected chi connectivity index (χ0v) is 18.7. The normalized spacial score (nSPS) is 10.6. The number of halogens is 1. The van der Waals surface area contributed by atoms with Crippen LogP contribution in [0.15, 0.2) is 60.3 Å². The van der Waals surface area contributed by atoms with Crippen LogP contribution in [0.1, 0.15) is 11.4 Å². The maximum atomic E-state index is 12.4. The highest BCUT2D eigenvalue weighted by Gasteiger charge is 2.16. The summed E-state index contributed by atoms with van der Waals surface area (Å²) in [6, 6.07) is 11.5. The number of carbonyl (C=O) groups excluding carboxylic acids is 1. The molecule has 0 atom stereocenters. The van der Waals surface area contributed by atoms with E-state index < -0.39 is 4.92 Å².